The molecule has 2 aromatic rings. The Morgan fingerprint density at radius 3 is 2.45 bits per heavy atom. The van der Waals surface area contributed by atoms with Crippen molar-refractivity contribution < 1.29 is 22.5 Å². The van der Waals surface area contributed by atoms with Crippen LogP contribution in [0.3, 0.4) is 0 Å². The maximum atomic E-state index is 13.4. The highest BCUT2D eigenvalue weighted by Gasteiger charge is 2.34. The molecule has 2 heterocycles. The fourth-order valence-corrected chi connectivity index (χ4v) is 6.07. The summed E-state index contributed by atoms with van der Waals surface area (Å²) in [6.07, 6.45) is 0.994. The lowest BCUT2D eigenvalue weighted by atomic mass is 9.94. The van der Waals surface area contributed by atoms with E-state index in [9.17, 15) is 13.2 Å². The van der Waals surface area contributed by atoms with E-state index in [2.05, 4.69) is 19.0 Å². The number of benzene rings is 1. The van der Waals surface area contributed by atoms with Gasteiger partial charge in [0.25, 0.3) is 5.91 Å². The first-order valence-corrected chi connectivity index (χ1v) is 11.8. The quantitative estimate of drug-likeness (QED) is 0.672. The molecule has 2 unspecified atom stereocenters. The van der Waals surface area contributed by atoms with Crippen molar-refractivity contribution in [1.29, 1.82) is 0 Å². The zero-order chi connectivity index (χ0) is 22.9. The molecule has 170 valence electrons. The summed E-state index contributed by atoms with van der Waals surface area (Å²) in [7, 11) is -0.704. The average molecular weight is 450 g/mol. The number of carbonyl (C=O) groups is 1. The Balaban J connectivity index is 1.92. The number of amides is 1. The fraction of sp³-hybridized carbons (Fsp3) is 0.545. The normalized spacial score (nSPS) is 19.9. The second kappa shape index (κ2) is 9.00. The molecular weight excluding hydrogens is 418 g/mol. The van der Waals surface area contributed by atoms with Crippen molar-refractivity contribution in [3.05, 3.63) is 40.8 Å². The zero-order valence-electron chi connectivity index (χ0n) is 19.0. The average Bonchev–Trinajstić information content (AvgIpc) is 3.04. The van der Waals surface area contributed by atoms with Crippen molar-refractivity contribution in [2.75, 3.05) is 27.2 Å². The van der Waals surface area contributed by atoms with E-state index < -0.39 is 10.0 Å². The van der Waals surface area contributed by atoms with Gasteiger partial charge in [0.1, 0.15) is 16.4 Å². The summed E-state index contributed by atoms with van der Waals surface area (Å²) < 4.78 is 38.9. The summed E-state index contributed by atoms with van der Waals surface area (Å²) in [5.74, 6) is 1.14. The third-order valence-corrected chi connectivity index (χ3v) is 7.64. The van der Waals surface area contributed by atoms with Gasteiger partial charge in [0.2, 0.25) is 10.0 Å². The second-order valence-electron chi connectivity index (χ2n) is 8.60. The molecule has 1 saturated heterocycles. The van der Waals surface area contributed by atoms with E-state index in [0.717, 1.165) is 17.7 Å². The van der Waals surface area contributed by atoms with Gasteiger partial charge in [-0.15, -0.1) is 0 Å². The van der Waals surface area contributed by atoms with Crippen molar-refractivity contribution in [3.63, 3.8) is 0 Å². The Morgan fingerprint density at radius 2 is 1.90 bits per heavy atom. The van der Waals surface area contributed by atoms with Gasteiger partial charge in [-0.2, -0.15) is 4.31 Å². The number of methoxy groups -OCH3 is 1. The molecule has 1 aliphatic heterocycles. The number of aryl methyl sites for hydroxylation is 2. The maximum Gasteiger partial charge on any atom is 0.253 e. The summed E-state index contributed by atoms with van der Waals surface area (Å²) in [4.78, 5) is 14.6. The predicted octanol–water partition coefficient (Wildman–Crippen LogP) is 3.24. The van der Waals surface area contributed by atoms with Crippen LogP contribution >= 0.6 is 0 Å². The van der Waals surface area contributed by atoms with Crippen LogP contribution in [0.5, 0.6) is 5.75 Å². The number of rotatable bonds is 6. The van der Waals surface area contributed by atoms with Crippen molar-refractivity contribution in [3.8, 4) is 5.75 Å². The molecule has 0 aliphatic carbocycles. The Bertz CT molecular complexity index is 1030. The van der Waals surface area contributed by atoms with Crippen molar-refractivity contribution >= 4 is 15.9 Å². The van der Waals surface area contributed by atoms with Crippen LogP contribution in [0, 0.1) is 25.7 Å². The molecule has 0 N–H and O–H groups in total. The molecule has 8 nitrogen and oxygen atoms in total. The minimum Gasteiger partial charge on any atom is -0.495 e. The monoisotopic (exact) mass is 449 g/mol. The van der Waals surface area contributed by atoms with Crippen LogP contribution in [0.25, 0.3) is 0 Å². The second-order valence-corrected chi connectivity index (χ2v) is 10.5. The third kappa shape index (κ3) is 4.77. The standard InChI is InChI=1S/C22H31N3O5S/c1-14-9-15(2)12-25(11-14)31(27,28)21-10-18(7-8-20(21)29-6)22(26)24(5)13-19-16(3)23-30-17(19)4/h7-8,10,14-15H,9,11-13H2,1-6H3. The third-order valence-electron chi connectivity index (χ3n) is 5.79. The van der Waals surface area contributed by atoms with E-state index in [1.165, 1.54) is 22.4 Å². The summed E-state index contributed by atoms with van der Waals surface area (Å²) in [6, 6.07) is 4.55. The van der Waals surface area contributed by atoms with E-state index in [0.29, 0.717) is 25.4 Å². The van der Waals surface area contributed by atoms with Crippen LogP contribution in [-0.4, -0.2) is 55.9 Å². The van der Waals surface area contributed by atoms with E-state index in [1.807, 2.05) is 6.92 Å². The summed E-state index contributed by atoms with van der Waals surface area (Å²) in [6.45, 7) is 8.96. The molecule has 0 spiro atoms. The molecule has 1 aromatic heterocycles. The van der Waals surface area contributed by atoms with Gasteiger partial charge < -0.3 is 14.2 Å². The molecule has 1 amide bonds. The summed E-state index contributed by atoms with van der Waals surface area (Å²) >= 11 is 0. The van der Waals surface area contributed by atoms with Gasteiger partial charge >= 0.3 is 0 Å². The smallest absolute Gasteiger partial charge is 0.253 e. The summed E-state index contributed by atoms with van der Waals surface area (Å²) in [5, 5.41) is 3.92. The zero-order valence-corrected chi connectivity index (χ0v) is 19.8. The van der Waals surface area contributed by atoms with Gasteiger partial charge in [-0.05, 0) is 50.3 Å². The molecule has 0 radical (unpaired) electrons. The molecular formula is C22H31N3O5S. The van der Waals surface area contributed by atoms with E-state index in [-0.39, 0.29) is 34.0 Å². The van der Waals surface area contributed by atoms with Gasteiger partial charge in [0.05, 0.1) is 19.3 Å². The lowest BCUT2D eigenvalue weighted by molar-refractivity contribution is 0.0784. The largest absolute Gasteiger partial charge is 0.495 e. The molecule has 1 aromatic carbocycles. The minimum atomic E-state index is -3.80. The SMILES string of the molecule is COc1ccc(C(=O)N(C)Cc2c(C)noc2C)cc1S(=O)(=O)N1CC(C)CC(C)C1. The Hall–Kier alpha value is -2.39. The van der Waals surface area contributed by atoms with Crippen LogP contribution in [0.1, 0.15) is 47.6 Å². The lowest BCUT2D eigenvalue weighted by Gasteiger charge is -2.34. The molecule has 3 rings (SSSR count). The van der Waals surface area contributed by atoms with Gasteiger partial charge in [-0.25, -0.2) is 8.42 Å². The van der Waals surface area contributed by atoms with Crippen molar-refractivity contribution in [1.82, 2.24) is 14.4 Å². The lowest BCUT2D eigenvalue weighted by Crippen LogP contribution is -2.42. The minimum absolute atomic E-state index is 0.0212. The number of aromatic nitrogens is 1. The van der Waals surface area contributed by atoms with Gasteiger partial charge in [0, 0.05) is 31.3 Å². The van der Waals surface area contributed by atoms with Crippen LogP contribution in [-0.2, 0) is 16.6 Å². The number of hydrogen-bond acceptors (Lipinski definition) is 6. The fourth-order valence-electron chi connectivity index (χ4n) is 4.21. The number of ether oxygens (including phenoxy) is 1. The van der Waals surface area contributed by atoms with E-state index in [4.69, 9.17) is 9.26 Å². The van der Waals surface area contributed by atoms with Crippen molar-refractivity contribution in [2.24, 2.45) is 11.8 Å². The highest BCUT2D eigenvalue weighted by atomic mass is 32.2. The highest BCUT2D eigenvalue weighted by Crippen LogP contribution is 2.32. The van der Waals surface area contributed by atoms with Crippen molar-refractivity contribution in [2.45, 2.75) is 45.6 Å². The molecule has 1 aliphatic rings. The Morgan fingerprint density at radius 1 is 1.26 bits per heavy atom. The maximum absolute atomic E-state index is 13.4. The van der Waals surface area contributed by atoms with Gasteiger partial charge in [-0.3, -0.25) is 4.79 Å². The molecule has 2 atom stereocenters. The number of hydrogen-bond donors (Lipinski definition) is 0. The molecule has 31 heavy (non-hydrogen) atoms. The van der Waals surface area contributed by atoms with E-state index >= 15 is 0 Å². The molecule has 0 saturated carbocycles. The number of piperidine rings is 1. The number of sulfonamides is 1. The van der Waals surface area contributed by atoms with Gasteiger partial charge in [-0.1, -0.05) is 19.0 Å². The Kier molecular flexibility index (Phi) is 6.76. The van der Waals surface area contributed by atoms with Gasteiger partial charge in [0.15, 0.2) is 0 Å². The van der Waals surface area contributed by atoms with Crippen LogP contribution in [0.4, 0.5) is 0 Å². The first-order valence-electron chi connectivity index (χ1n) is 10.4. The van der Waals surface area contributed by atoms with Crippen LogP contribution in [0.15, 0.2) is 27.6 Å². The number of nitrogens with zero attached hydrogens (tertiary/aromatic N) is 3. The first kappa shape index (κ1) is 23.3. The topological polar surface area (TPSA) is 93.0 Å². The van der Waals surface area contributed by atoms with Crippen LogP contribution in [0.2, 0.25) is 0 Å². The van der Waals surface area contributed by atoms with E-state index in [1.54, 1.807) is 26.1 Å². The highest BCUT2D eigenvalue weighted by molar-refractivity contribution is 7.89. The first-order chi connectivity index (χ1) is 14.5. The molecule has 0 bridgehead atoms. The number of carbonyl (C=O) groups excluding carboxylic acids is 1. The Labute approximate surface area is 184 Å². The van der Waals surface area contributed by atoms with Crippen LogP contribution < -0.4 is 4.74 Å². The molecule has 1 fully saturated rings. The summed E-state index contributed by atoms with van der Waals surface area (Å²) in [5.41, 5.74) is 1.85. The predicted molar refractivity (Wildman–Crippen MR) is 116 cm³/mol. The molecule has 9 heteroatoms.